The zero-order valence-electron chi connectivity index (χ0n) is 5.98. The van der Waals surface area contributed by atoms with E-state index in [-0.39, 0.29) is 5.91 Å². The van der Waals surface area contributed by atoms with Crippen LogP contribution < -0.4 is 5.32 Å². The SMILES string of the molecule is CC[C@@H]1NC(=O)[C@H]1CC. The molecule has 1 aliphatic rings. The van der Waals surface area contributed by atoms with Gasteiger partial charge in [-0.15, -0.1) is 0 Å². The second-order valence-corrected chi connectivity index (χ2v) is 2.54. The van der Waals surface area contributed by atoms with E-state index in [0.717, 1.165) is 12.8 Å². The molecule has 0 unspecified atom stereocenters. The molecule has 0 aromatic heterocycles. The summed E-state index contributed by atoms with van der Waals surface area (Å²) in [5, 5.41) is 2.85. The maximum Gasteiger partial charge on any atom is 0.225 e. The minimum atomic E-state index is 0.240. The summed E-state index contributed by atoms with van der Waals surface area (Å²) in [4.78, 5) is 10.7. The number of hydrogen-bond donors (Lipinski definition) is 1. The topological polar surface area (TPSA) is 29.1 Å². The summed E-state index contributed by atoms with van der Waals surface area (Å²) in [5.74, 6) is 0.555. The quantitative estimate of drug-likeness (QED) is 0.549. The first-order valence-electron chi connectivity index (χ1n) is 3.60. The van der Waals surface area contributed by atoms with Crippen LogP contribution in [0.4, 0.5) is 0 Å². The number of carbonyl (C=O) groups excluding carboxylic acids is 1. The largest absolute Gasteiger partial charge is 0.352 e. The van der Waals surface area contributed by atoms with Gasteiger partial charge in [0.1, 0.15) is 0 Å². The van der Waals surface area contributed by atoms with Crippen molar-refractivity contribution in [3.63, 3.8) is 0 Å². The molecule has 1 amide bonds. The minimum Gasteiger partial charge on any atom is -0.352 e. The molecular weight excluding hydrogens is 114 g/mol. The molecule has 2 heteroatoms. The van der Waals surface area contributed by atoms with Gasteiger partial charge >= 0.3 is 0 Å². The smallest absolute Gasteiger partial charge is 0.225 e. The van der Waals surface area contributed by atoms with Crippen molar-refractivity contribution < 1.29 is 4.79 Å². The zero-order chi connectivity index (χ0) is 6.85. The molecular formula is C7H13NO. The van der Waals surface area contributed by atoms with E-state index in [1.165, 1.54) is 0 Å². The lowest BCUT2D eigenvalue weighted by molar-refractivity contribution is -0.135. The second kappa shape index (κ2) is 2.38. The molecule has 0 bridgehead atoms. The fourth-order valence-electron chi connectivity index (χ4n) is 1.33. The van der Waals surface area contributed by atoms with Crippen molar-refractivity contribution in [1.29, 1.82) is 0 Å². The van der Waals surface area contributed by atoms with Crippen LogP contribution in [0.1, 0.15) is 26.7 Å². The van der Waals surface area contributed by atoms with E-state index < -0.39 is 0 Å². The molecule has 1 fully saturated rings. The molecule has 1 heterocycles. The molecule has 1 N–H and O–H groups in total. The van der Waals surface area contributed by atoms with Crippen molar-refractivity contribution in [2.24, 2.45) is 5.92 Å². The summed E-state index contributed by atoms with van der Waals surface area (Å²) in [6.07, 6.45) is 2.06. The van der Waals surface area contributed by atoms with Gasteiger partial charge < -0.3 is 5.32 Å². The highest BCUT2D eigenvalue weighted by atomic mass is 16.2. The molecule has 0 saturated carbocycles. The second-order valence-electron chi connectivity index (χ2n) is 2.54. The van der Waals surface area contributed by atoms with E-state index in [1.807, 2.05) is 0 Å². The maximum atomic E-state index is 10.7. The van der Waals surface area contributed by atoms with E-state index in [1.54, 1.807) is 0 Å². The average Bonchev–Trinajstić information content (AvgIpc) is 1.83. The molecule has 52 valence electrons. The van der Waals surface area contributed by atoms with Crippen molar-refractivity contribution in [2.75, 3.05) is 0 Å². The fraction of sp³-hybridized carbons (Fsp3) is 0.857. The Hall–Kier alpha value is -0.530. The van der Waals surface area contributed by atoms with Crippen LogP contribution in [0.3, 0.4) is 0 Å². The Morgan fingerprint density at radius 1 is 1.44 bits per heavy atom. The van der Waals surface area contributed by atoms with Gasteiger partial charge in [0.2, 0.25) is 5.91 Å². The Kier molecular flexibility index (Phi) is 1.74. The lowest BCUT2D eigenvalue weighted by Crippen LogP contribution is -2.57. The lowest BCUT2D eigenvalue weighted by atomic mass is 9.87. The van der Waals surface area contributed by atoms with Gasteiger partial charge in [0.25, 0.3) is 0 Å². The summed E-state index contributed by atoms with van der Waals surface area (Å²) in [5.41, 5.74) is 0. The highest BCUT2D eigenvalue weighted by molar-refractivity contribution is 5.85. The van der Waals surface area contributed by atoms with Crippen LogP contribution in [0.5, 0.6) is 0 Å². The monoisotopic (exact) mass is 127 g/mol. The number of nitrogens with one attached hydrogen (secondary N) is 1. The molecule has 0 aromatic carbocycles. The van der Waals surface area contributed by atoms with Crippen molar-refractivity contribution in [2.45, 2.75) is 32.7 Å². The Morgan fingerprint density at radius 3 is 2.33 bits per heavy atom. The Balaban J connectivity index is 2.38. The van der Waals surface area contributed by atoms with Crippen LogP contribution in [-0.2, 0) is 4.79 Å². The van der Waals surface area contributed by atoms with Gasteiger partial charge in [-0.2, -0.15) is 0 Å². The molecule has 0 aromatic rings. The Morgan fingerprint density at radius 2 is 2.11 bits per heavy atom. The number of amides is 1. The maximum absolute atomic E-state index is 10.7. The first kappa shape index (κ1) is 6.59. The van der Waals surface area contributed by atoms with Gasteiger partial charge in [-0.05, 0) is 12.8 Å². The Bertz CT molecular complexity index is 122. The summed E-state index contributed by atoms with van der Waals surface area (Å²) in [6.45, 7) is 4.17. The first-order chi connectivity index (χ1) is 4.29. The third-order valence-electron chi connectivity index (χ3n) is 2.03. The van der Waals surface area contributed by atoms with Crippen LogP contribution in [0.25, 0.3) is 0 Å². The summed E-state index contributed by atoms with van der Waals surface area (Å²) in [6, 6.07) is 0.475. The van der Waals surface area contributed by atoms with Gasteiger partial charge in [-0.25, -0.2) is 0 Å². The molecule has 1 rings (SSSR count). The van der Waals surface area contributed by atoms with Crippen LogP contribution in [-0.4, -0.2) is 11.9 Å². The third kappa shape index (κ3) is 0.934. The van der Waals surface area contributed by atoms with Crippen LogP contribution in [0.2, 0.25) is 0 Å². The zero-order valence-corrected chi connectivity index (χ0v) is 5.98. The van der Waals surface area contributed by atoms with Gasteiger partial charge in [0.05, 0.1) is 5.92 Å². The van der Waals surface area contributed by atoms with Gasteiger partial charge in [-0.1, -0.05) is 13.8 Å². The highest BCUT2D eigenvalue weighted by Gasteiger charge is 2.35. The molecule has 0 aliphatic carbocycles. The molecule has 2 nitrogen and oxygen atoms in total. The number of carbonyl (C=O) groups is 1. The van der Waals surface area contributed by atoms with Crippen molar-refractivity contribution in [1.82, 2.24) is 5.32 Å². The van der Waals surface area contributed by atoms with E-state index in [2.05, 4.69) is 19.2 Å². The predicted molar refractivity (Wildman–Crippen MR) is 36.0 cm³/mol. The third-order valence-corrected chi connectivity index (χ3v) is 2.03. The van der Waals surface area contributed by atoms with Crippen LogP contribution in [0.15, 0.2) is 0 Å². The normalized spacial score (nSPS) is 33.3. The van der Waals surface area contributed by atoms with Gasteiger partial charge in [0, 0.05) is 6.04 Å². The summed E-state index contributed by atoms with van der Waals surface area (Å²) >= 11 is 0. The molecule has 1 aliphatic heterocycles. The van der Waals surface area contributed by atoms with Crippen molar-refractivity contribution in [3.05, 3.63) is 0 Å². The predicted octanol–water partition coefficient (Wildman–Crippen LogP) is 0.921. The van der Waals surface area contributed by atoms with Crippen LogP contribution >= 0.6 is 0 Å². The number of hydrogen-bond acceptors (Lipinski definition) is 1. The first-order valence-corrected chi connectivity index (χ1v) is 3.60. The van der Waals surface area contributed by atoms with Crippen molar-refractivity contribution in [3.8, 4) is 0 Å². The lowest BCUT2D eigenvalue weighted by Gasteiger charge is -2.35. The number of β-lactam (4-membered cyclic amide) rings is 1. The fourth-order valence-corrected chi connectivity index (χ4v) is 1.33. The number of rotatable bonds is 2. The molecule has 0 radical (unpaired) electrons. The van der Waals surface area contributed by atoms with Gasteiger partial charge in [0.15, 0.2) is 0 Å². The molecule has 2 atom stereocenters. The summed E-state index contributed by atoms with van der Waals surface area (Å²) < 4.78 is 0. The molecule has 1 saturated heterocycles. The average molecular weight is 127 g/mol. The van der Waals surface area contributed by atoms with E-state index in [0.29, 0.717) is 12.0 Å². The van der Waals surface area contributed by atoms with E-state index in [4.69, 9.17) is 0 Å². The highest BCUT2D eigenvalue weighted by Crippen LogP contribution is 2.20. The molecule has 9 heavy (non-hydrogen) atoms. The van der Waals surface area contributed by atoms with E-state index >= 15 is 0 Å². The summed E-state index contributed by atoms with van der Waals surface area (Å²) in [7, 11) is 0. The standard InChI is InChI=1S/C7H13NO/c1-3-5-6(4-2)8-7(5)9/h5-6H,3-4H2,1-2H3,(H,8,9)/t5-,6-/m0/s1. The van der Waals surface area contributed by atoms with Gasteiger partial charge in [-0.3, -0.25) is 4.79 Å². The minimum absolute atomic E-state index is 0.240. The van der Waals surface area contributed by atoms with E-state index in [9.17, 15) is 4.79 Å². The molecule has 0 spiro atoms. The van der Waals surface area contributed by atoms with Crippen molar-refractivity contribution >= 4 is 5.91 Å². The Labute approximate surface area is 55.6 Å². The van der Waals surface area contributed by atoms with Crippen LogP contribution in [0, 0.1) is 5.92 Å².